The van der Waals surface area contributed by atoms with Gasteiger partial charge in [0.25, 0.3) is 0 Å². The standard InChI is InChI=1S/C23H26FN5O/c1-17-7-8-20(18(2)15-17)26-22(30)16-27-11-13-28(14-12-27)23-25-9-10-29(23)21-6-4-3-5-19(21)24/h3-10,15H,11-14,16H2,1-2H3,(H,26,30). The lowest BCUT2D eigenvalue weighted by atomic mass is 10.1. The number of aryl methyl sites for hydroxylation is 2. The van der Waals surface area contributed by atoms with E-state index in [0.29, 0.717) is 12.2 Å². The number of para-hydroxylation sites is 1. The predicted octanol–water partition coefficient (Wildman–Crippen LogP) is 3.39. The molecule has 0 radical (unpaired) electrons. The minimum atomic E-state index is -0.279. The van der Waals surface area contributed by atoms with Gasteiger partial charge in [-0.25, -0.2) is 9.37 Å². The summed E-state index contributed by atoms with van der Waals surface area (Å²) in [7, 11) is 0. The maximum absolute atomic E-state index is 14.2. The number of hydrogen-bond donors (Lipinski definition) is 1. The van der Waals surface area contributed by atoms with Gasteiger partial charge in [-0.2, -0.15) is 0 Å². The summed E-state index contributed by atoms with van der Waals surface area (Å²) in [6.07, 6.45) is 3.46. The van der Waals surface area contributed by atoms with E-state index in [0.717, 1.165) is 43.4 Å². The molecule has 0 atom stereocenters. The minimum absolute atomic E-state index is 0.0109. The van der Waals surface area contributed by atoms with Gasteiger partial charge in [0.15, 0.2) is 0 Å². The molecule has 4 rings (SSSR count). The van der Waals surface area contributed by atoms with Crippen LogP contribution in [-0.4, -0.2) is 53.1 Å². The molecule has 2 heterocycles. The van der Waals surface area contributed by atoms with E-state index in [-0.39, 0.29) is 11.7 Å². The molecule has 1 N–H and O–H groups in total. The molecule has 1 aliphatic rings. The number of carbonyl (C=O) groups excluding carboxylic acids is 1. The Morgan fingerprint density at radius 3 is 2.60 bits per heavy atom. The fraction of sp³-hybridized carbons (Fsp3) is 0.304. The summed E-state index contributed by atoms with van der Waals surface area (Å²) >= 11 is 0. The second kappa shape index (κ2) is 8.67. The van der Waals surface area contributed by atoms with Crippen LogP contribution in [0.2, 0.25) is 0 Å². The van der Waals surface area contributed by atoms with Crippen LogP contribution in [0.15, 0.2) is 54.9 Å². The monoisotopic (exact) mass is 407 g/mol. The second-order valence-electron chi connectivity index (χ2n) is 7.68. The first-order valence-electron chi connectivity index (χ1n) is 10.1. The van der Waals surface area contributed by atoms with E-state index in [1.54, 1.807) is 29.1 Å². The number of amides is 1. The SMILES string of the molecule is Cc1ccc(NC(=O)CN2CCN(c3nccn3-c3ccccc3F)CC2)c(C)c1. The van der Waals surface area contributed by atoms with Gasteiger partial charge in [-0.05, 0) is 37.6 Å². The first-order chi connectivity index (χ1) is 14.5. The van der Waals surface area contributed by atoms with E-state index < -0.39 is 0 Å². The third kappa shape index (κ3) is 4.36. The molecule has 30 heavy (non-hydrogen) atoms. The lowest BCUT2D eigenvalue weighted by molar-refractivity contribution is -0.117. The first-order valence-corrected chi connectivity index (χ1v) is 10.1. The fourth-order valence-electron chi connectivity index (χ4n) is 3.82. The van der Waals surface area contributed by atoms with Crippen molar-refractivity contribution >= 4 is 17.5 Å². The molecule has 1 amide bonds. The molecule has 0 unspecified atom stereocenters. The molecule has 1 aromatic heterocycles. The largest absolute Gasteiger partial charge is 0.339 e. The van der Waals surface area contributed by atoms with Crippen molar-refractivity contribution < 1.29 is 9.18 Å². The van der Waals surface area contributed by atoms with E-state index in [1.165, 1.54) is 11.6 Å². The molecule has 0 aliphatic carbocycles. The molecule has 7 heteroatoms. The first kappa shape index (κ1) is 20.1. The zero-order valence-corrected chi connectivity index (χ0v) is 17.3. The average Bonchev–Trinajstić information content (AvgIpc) is 3.20. The number of rotatable bonds is 5. The van der Waals surface area contributed by atoms with Crippen LogP contribution in [0, 0.1) is 19.7 Å². The summed E-state index contributed by atoms with van der Waals surface area (Å²) in [5, 5.41) is 3.01. The Labute approximate surface area is 175 Å². The van der Waals surface area contributed by atoms with Crippen LogP contribution in [0.4, 0.5) is 16.0 Å². The van der Waals surface area contributed by atoms with Crippen LogP contribution in [-0.2, 0) is 4.79 Å². The number of nitrogens with zero attached hydrogens (tertiary/aromatic N) is 4. The van der Waals surface area contributed by atoms with E-state index in [1.807, 2.05) is 32.0 Å². The van der Waals surface area contributed by atoms with Crippen LogP contribution in [0.25, 0.3) is 5.69 Å². The number of piperazine rings is 1. The number of aromatic nitrogens is 2. The highest BCUT2D eigenvalue weighted by Crippen LogP contribution is 2.22. The Bertz CT molecular complexity index is 1040. The molecule has 0 saturated carbocycles. The summed E-state index contributed by atoms with van der Waals surface area (Å²) in [4.78, 5) is 21.2. The van der Waals surface area contributed by atoms with Gasteiger partial charge in [0.2, 0.25) is 11.9 Å². The van der Waals surface area contributed by atoms with Gasteiger partial charge in [-0.15, -0.1) is 0 Å². The molecule has 1 aliphatic heterocycles. The van der Waals surface area contributed by atoms with E-state index in [9.17, 15) is 9.18 Å². The van der Waals surface area contributed by atoms with Crippen molar-refractivity contribution in [2.75, 3.05) is 42.9 Å². The molecule has 0 bridgehead atoms. The number of benzene rings is 2. The van der Waals surface area contributed by atoms with Crippen LogP contribution in [0.5, 0.6) is 0 Å². The van der Waals surface area contributed by atoms with Gasteiger partial charge >= 0.3 is 0 Å². The topological polar surface area (TPSA) is 53.4 Å². The normalized spacial score (nSPS) is 14.7. The second-order valence-corrected chi connectivity index (χ2v) is 7.68. The van der Waals surface area contributed by atoms with Gasteiger partial charge < -0.3 is 10.2 Å². The van der Waals surface area contributed by atoms with E-state index in [2.05, 4.69) is 26.2 Å². The molecular formula is C23H26FN5O. The van der Waals surface area contributed by atoms with Gasteiger partial charge in [0.1, 0.15) is 5.82 Å². The lowest BCUT2D eigenvalue weighted by Crippen LogP contribution is -2.49. The molecule has 6 nitrogen and oxygen atoms in total. The Morgan fingerprint density at radius 1 is 1.10 bits per heavy atom. The highest BCUT2D eigenvalue weighted by Gasteiger charge is 2.23. The maximum Gasteiger partial charge on any atom is 0.238 e. The Kier molecular flexibility index (Phi) is 5.81. The lowest BCUT2D eigenvalue weighted by Gasteiger charge is -2.35. The van der Waals surface area contributed by atoms with E-state index >= 15 is 0 Å². The van der Waals surface area contributed by atoms with Crippen molar-refractivity contribution in [2.45, 2.75) is 13.8 Å². The van der Waals surface area contributed by atoms with E-state index in [4.69, 9.17) is 0 Å². The summed E-state index contributed by atoms with van der Waals surface area (Å²) in [5.74, 6) is 0.432. The zero-order valence-electron chi connectivity index (χ0n) is 17.3. The molecule has 2 aromatic carbocycles. The van der Waals surface area contributed by atoms with Gasteiger partial charge in [-0.1, -0.05) is 29.8 Å². The third-order valence-corrected chi connectivity index (χ3v) is 5.41. The fourth-order valence-corrected chi connectivity index (χ4v) is 3.82. The Hall–Kier alpha value is -3.19. The van der Waals surface area contributed by atoms with Crippen LogP contribution < -0.4 is 10.2 Å². The number of anilines is 2. The van der Waals surface area contributed by atoms with Gasteiger partial charge in [-0.3, -0.25) is 14.3 Å². The Balaban J connectivity index is 1.35. The van der Waals surface area contributed by atoms with Crippen LogP contribution >= 0.6 is 0 Å². The van der Waals surface area contributed by atoms with Crippen molar-refractivity contribution in [3.63, 3.8) is 0 Å². The quantitative estimate of drug-likeness (QED) is 0.705. The highest BCUT2D eigenvalue weighted by molar-refractivity contribution is 5.93. The van der Waals surface area contributed by atoms with Gasteiger partial charge in [0.05, 0.1) is 12.2 Å². The molecule has 1 fully saturated rings. The predicted molar refractivity (Wildman–Crippen MR) is 117 cm³/mol. The molecule has 0 spiro atoms. The minimum Gasteiger partial charge on any atom is -0.339 e. The number of hydrogen-bond acceptors (Lipinski definition) is 4. The molecule has 156 valence electrons. The van der Waals surface area contributed by atoms with Crippen molar-refractivity contribution in [1.29, 1.82) is 0 Å². The van der Waals surface area contributed by atoms with Gasteiger partial charge in [0, 0.05) is 44.3 Å². The summed E-state index contributed by atoms with van der Waals surface area (Å²) < 4.78 is 16.0. The number of nitrogens with one attached hydrogen (secondary N) is 1. The highest BCUT2D eigenvalue weighted by atomic mass is 19.1. The van der Waals surface area contributed by atoms with Crippen LogP contribution in [0.1, 0.15) is 11.1 Å². The zero-order chi connectivity index (χ0) is 21.1. The van der Waals surface area contributed by atoms with Crippen molar-refractivity contribution in [3.8, 4) is 5.69 Å². The molecular weight excluding hydrogens is 381 g/mol. The van der Waals surface area contributed by atoms with Crippen molar-refractivity contribution in [3.05, 3.63) is 71.8 Å². The average molecular weight is 407 g/mol. The van der Waals surface area contributed by atoms with Crippen molar-refractivity contribution in [2.24, 2.45) is 0 Å². The molecule has 1 saturated heterocycles. The summed E-state index contributed by atoms with van der Waals surface area (Å²) in [6.45, 7) is 7.32. The maximum atomic E-state index is 14.2. The van der Waals surface area contributed by atoms with Crippen LogP contribution in [0.3, 0.4) is 0 Å². The number of carbonyl (C=O) groups is 1. The van der Waals surface area contributed by atoms with Crippen molar-refractivity contribution in [1.82, 2.24) is 14.5 Å². The summed E-state index contributed by atoms with van der Waals surface area (Å²) in [5.41, 5.74) is 3.58. The Morgan fingerprint density at radius 2 is 1.87 bits per heavy atom. The summed E-state index contributed by atoms with van der Waals surface area (Å²) in [6, 6.07) is 12.7. The molecule has 3 aromatic rings. The smallest absolute Gasteiger partial charge is 0.238 e. The number of imidazole rings is 1. The third-order valence-electron chi connectivity index (χ3n) is 5.41. The number of halogens is 1.